The number of alkyl halides is 1. The minimum absolute atomic E-state index is 0.0153. The molecular weight excluding hydrogens is 328 g/mol. The van der Waals surface area contributed by atoms with Crippen molar-refractivity contribution in [3.63, 3.8) is 0 Å². The lowest BCUT2D eigenvalue weighted by Crippen LogP contribution is -2.44. The molecule has 0 fully saturated rings. The van der Waals surface area contributed by atoms with Gasteiger partial charge in [-0.15, -0.1) is 0 Å². The van der Waals surface area contributed by atoms with Crippen LogP contribution < -0.4 is 5.32 Å². The summed E-state index contributed by atoms with van der Waals surface area (Å²) < 4.78 is 0. The van der Waals surface area contributed by atoms with Crippen LogP contribution in [0.2, 0.25) is 0 Å². The molecule has 1 aromatic heterocycles. The number of carbonyl (C=O) groups is 1. The van der Waals surface area contributed by atoms with E-state index < -0.39 is 0 Å². The first kappa shape index (κ1) is 16.0. The largest absolute Gasteiger partial charge is 0.349 e. The normalized spacial score (nSPS) is 13.1. The van der Waals surface area contributed by atoms with Gasteiger partial charge in [-0.2, -0.15) is 0 Å². The average Bonchev–Trinajstić information content (AvgIpc) is 2.45. The summed E-state index contributed by atoms with van der Waals surface area (Å²) in [5.74, 6) is -0.0554. The molecule has 2 rings (SSSR count). The number of nitrogens with one attached hydrogen (secondary N) is 1. The Morgan fingerprint density at radius 2 is 2.00 bits per heavy atom. The van der Waals surface area contributed by atoms with E-state index in [9.17, 15) is 4.79 Å². The van der Waals surface area contributed by atoms with Crippen LogP contribution in [-0.4, -0.2) is 22.3 Å². The second-order valence-corrected chi connectivity index (χ2v) is 7.04. The monoisotopic (exact) mass is 348 g/mol. The molecule has 1 unspecified atom stereocenters. The van der Waals surface area contributed by atoms with Crippen molar-refractivity contribution in [2.75, 3.05) is 5.33 Å². The van der Waals surface area contributed by atoms with Crippen LogP contribution in [0.25, 0.3) is 10.9 Å². The van der Waals surface area contributed by atoms with E-state index in [2.05, 4.69) is 47.0 Å². The molecule has 0 spiro atoms. The van der Waals surface area contributed by atoms with Crippen molar-refractivity contribution in [3.8, 4) is 0 Å². The molecular formula is C17H21BrN2O. The van der Waals surface area contributed by atoms with Crippen molar-refractivity contribution in [3.05, 3.63) is 42.1 Å². The third kappa shape index (κ3) is 3.82. The summed E-state index contributed by atoms with van der Waals surface area (Å²) >= 11 is 3.46. The van der Waals surface area contributed by atoms with Crippen LogP contribution in [0, 0.1) is 5.41 Å². The van der Waals surface area contributed by atoms with Gasteiger partial charge in [0, 0.05) is 23.0 Å². The standard InChI is InChI=1S/C17H21BrN2O/c1-17(2,3)14(9-10-18)20-16(21)13-8-4-6-12-7-5-11-19-15(12)13/h4-8,11,14H,9-10H2,1-3H3,(H,20,21). The Morgan fingerprint density at radius 1 is 1.29 bits per heavy atom. The predicted octanol–water partition coefficient (Wildman–Crippen LogP) is 4.16. The zero-order valence-electron chi connectivity index (χ0n) is 12.7. The smallest absolute Gasteiger partial charge is 0.253 e. The molecule has 0 saturated heterocycles. The summed E-state index contributed by atoms with van der Waals surface area (Å²) in [6, 6.07) is 9.67. The maximum atomic E-state index is 12.6. The lowest BCUT2D eigenvalue weighted by Gasteiger charge is -2.31. The van der Waals surface area contributed by atoms with Crippen LogP contribution in [0.4, 0.5) is 0 Å². The van der Waals surface area contributed by atoms with Gasteiger partial charge in [0.1, 0.15) is 0 Å². The highest BCUT2D eigenvalue weighted by atomic mass is 79.9. The highest BCUT2D eigenvalue weighted by Gasteiger charge is 2.26. The fraction of sp³-hybridized carbons (Fsp3) is 0.412. The second-order valence-electron chi connectivity index (χ2n) is 6.25. The molecule has 0 aliphatic carbocycles. The number of nitrogens with zero attached hydrogens (tertiary/aromatic N) is 1. The summed E-state index contributed by atoms with van der Waals surface area (Å²) in [5.41, 5.74) is 1.41. The van der Waals surface area contributed by atoms with E-state index in [1.54, 1.807) is 6.20 Å². The topological polar surface area (TPSA) is 42.0 Å². The minimum atomic E-state index is -0.0554. The Hall–Kier alpha value is -1.42. The van der Waals surface area contributed by atoms with E-state index in [0.29, 0.717) is 5.56 Å². The van der Waals surface area contributed by atoms with Crippen molar-refractivity contribution in [1.29, 1.82) is 0 Å². The molecule has 112 valence electrons. The van der Waals surface area contributed by atoms with Gasteiger partial charge in [-0.1, -0.05) is 54.9 Å². The molecule has 1 amide bonds. The van der Waals surface area contributed by atoms with Crippen molar-refractivity contribution in [2.45, 2.75) is 33.2 Å². The number of halogens is 1. The third-order valence-electron chi connectivity index (χ3n) is 3.63. The van der Waals surface area contributed by atoms with Gasteiger partial charge in [-0.05, 0) is 24.0 Å². The van der Waals surface area contributed by atoms with Gasteiger partial charge in [0.05, 0.1) is 11.1 Å². The fourth-order valence-electron chi connectivity index (χ4n) is 2.35. The maximum Gasteiger partial charge on any atom is 0.253 e. The molecule has 1 aromatic carbocycles. The molecule has 1 atom stereocenters. The SMILES string of the molecule is CC(C)(C)C(CCBr)NC(=O)c1cccc2cccnc12. The molecule has 4 heteroatoms. The van der Waals surface area contributed by atoms with Crippen LogP contribution in [0.5, 0.6) is 0 Å². The number of carbonyl (C=O) groups excluding carboxylic acids is 1. The number of benzene rings is 1. The van der Waals surface area contributed by atoms with E-state index in [4.69, 9.17) is 0 Å². The van der Waals surface area contributed by atoms with Gasteiger partial charge < -0.3 is 5.32 Å². The molecule has 1 N–H and O–H groups in total. The Kier molecular flexibility index (Phi) is 4.99. The molecule has 3 nitrogen and oxygen atoms in total. The van der Waals surface area contributed by atoms with Crippen LogP contribution in [0.3, 0.4) is 0 Å². The second kappa shape index (κ2) is 6.56. The van der Waals surface area contributed by atoms with Gasteiger partial charge in [-0.3, -0.25) is 9.78 Å². The number of rotatable bonds is 4. The molecule has 0 aliphatic rings. The highest BCUT2D eigenvalue weighted by Crippen LogP contribution is 2.24. The Balaban J connectivity index is 2.30. The van der Waals surface area contributed by atoms with Crippen molar-refractivity contribution >= 4 is 32.7 Å². The first-order valence-corrected chi connectivity index (χ1v) is 8.26. The highest BCUT2D eigenvalue weighted by molar-refractivity contribution is 9.09. The summed E-state index contributed by atoms with van der Waals surface area (Å²) in [6.07, 6.45) is 2.62. The minimum Gasteiger partial charge on any atom is -0.349 e. The molecule has 1 heterocycles. The quantitative estimate of drug-likeness (QED) is 0.842. The lowest BCUT2D eigenvalue weighted by atomic mass is 9.85. The van der Waals surface area contributed by atoms with Gasteiger partial charge in [0.25, 0.3) is 5.91 Å². The average molecular weight is 349 g/mol. The van der Waals surface area contributed by atoms with Gasteiger partial charge in [-0.25, -0.2) is 0 Å². The van der Waals surface area contributed by atoms with Gasteiger partial charge in [0.15, 0.2) is 0 Å². The Bertz CT molecular complexity index is 629. The summed E-state index contributed by atoms with van der Waals surface area (Å²) in [5, 5.41) is 5.01. The number of aromatic nitrogens is 1. The van der Waals surface area contributed by atoms with Crippen LogP contribution in [0.15, 0.2) is 36.5 Å². The predicted molar refractivity (Wildman–Crippen MR) is 90.9 cm³/mol. The summed E-state index contributed by atoms with van der Waals surface area (Å²) in [6.45, 7) is 6.42. The maximum absolute atomic E-state index is 12.6. The van der Waals surface area contributed by atoms with E-state index >= 15 is 0 Å². The number of para-hydroxylation sites is 1. The molecule has 0 aliphatic heterocycles. The first-order valence-electron chi connectivity index (χ1n) is 7.14. The van der Waals surface area contributed by atoms with E-state index in [1.807, 2.05) is 30.3 Å². The number of hydrogen-bond acceptors (Lipinski definition) is 2. The zero-order chi connectivity index (χ0) is 15.5. The number of fused-ring (bicyclic) bond motifs is 1. The number of pyridine rings is 1. The first-order chi connectivity index (χ1) is 9.93. The molecule has 0 bridgehead atoms. The Morgan fingerprint density at radius 3 is 2.67 bits per heavy atom. The fourth-order valence-corrected chi connectivity index (χ4v) is 2.81. The van der Waals surface area contributed by atoms with E-state index in [-0.39, 0.29) is 17.4 Å². The van der Waals surface area contributed by atoms with E-state index in [0.717, 1.165) is 22.7 Å². The molecule has 0 saturated carbocycles. The lowest BCUT2D eigenvalue weighted by molar-refractivity contribution is 0.0902. The number of amides is 1. The van der Waals surface area contributed by atoms with Crippen molar-refractivity contribution in [2.24, 2.45) is 5.41 Å². The van der Waals surface area contributed by atoms with Crippen molar-refractivity contribution in [1.82, 2.24) is 10.3 Å². The summed E-state index contributed by atoms with van der Waals surface area (Å²) in [4.78, 5) is 17.0. The molecule has 2 aromatic rings. The van der Waals surface area contributed by atoms with E-state index in [1.165, 1.54) is 0 Å². The molecule has 21 heavy (non-hydrogen) atoms. The van der Waals surface area contributed by atoms with Crippen molar-refractivity contribution < 1.29 is 4.79 Å². The van der Waals surface area contributed by atoms with Crippen LogP contribution >= 0.6 is 15.9 Å². The number of hydrogen-bond donors (Lipinski definition) is 1. The zero-order valence-corrected chi connectivity index (χ0v) is 14.3. The van der Waals surface area contributed by atoms with Crippen LogP contribution in [-0.2, 0) is 0 Å². The van der Waals surface area contributed by atoms with Gasteiger partial charge >= 0.3 is 0 Å². The molecule has 0 radical (unpaired) electrons. The Labute approximate surface area is 134 Å². The van der Waals surface area contributed by atoms with Gasteiger partial charge in [0.2, 0.25) is 0 Å². The van der Waals surface area contributed by atoms with Crippen LogP contribution in [0.1, 0.15) is 37.6 Å². The summed E-state index contributed by atoms with van der Waals surface area (Å²) in [7, 11) is 0. The third-order valence-corrected chi connectivity index (χ3v) is 4.08.